The average Bonchev–Trinajstić information content (AvgIpc) is 2.80. The molecule has 0 spiro atoms. The zero-order valence-corrected chi connectivity index (χ0v) is 10.6. The van der Waals surface area contributed by atoms with Gasteiger partial charge in [0.25, 0.3) is 0 Å². The van der Waals surface area contributed by atoms with Crippen molar-refractivity contribution in [2.45, 2.75) is 0 Å². The Balaban J connectivity index is 2.26. The van der Waals surface area contributed by atoms with Crippen LogP contribution in [0.5, 0.6) is 0 Å². The van der Waals surface area contributed by atoms with Gasteiger partial charge in [0.15, 0.2) is 17.5 Å². The molecule has 102 valence electrons. The zero-order chi connectivity index (χ0) is 14.4. The zero-order valence-electron chi connectivity index (χ0n) is 9.85. The van der Waals surface area contributed by atoms with Crippen LogP contribution in [0.25, 0.3) is 22.4 Å². The predicted octanol–water partition coefficient (Wildman–Crippen LogP) is 3.88. The van der Waals surface area contributed by atoms with Gasteiger partial charge in [-0.25, -0.2) is 18.2 Å². The SMILES string of the molecule is Nc1cc(Cl)cc2[nH]c(-c3ccc(F)c(F)c3F)nc12. The lowest BCUT2D eigenvalue weighted by Crippen LogP contribution is -1.94. The summed E-state index contributed by atoms with van der Waals surface area (Å²) in [5, 5.41) is 0.385. The molecule has 3 nitrogen and oxygen atoms in total. The van der Waals surface area contributed by atoms with Crippen molar-refractivity contribution >= 4 is 28.3 Å². The Hall–Kier alpha value is -2.21. The minimum Gasteiger partial charge on any atom is -0.397 e. The molecule has 0 saturated carbocycles. The second kappa shape index (κ2) is 4.42. The van der Waals surface area contributed by atoms with E-state index in [-0.39, 0.29) is 11.4 Å². The van der Waals surface area contributed by atoms with E-state index in [2.05, 4.69) is 9.97 Å². The number of imidazole rings is 1. The first-order valence-electron chi connectivity index (χ1n) is 5.56. The number of aromatic nitrogens is 2. The number of hydrogen-bond donors (Lipinski definition) is 2. The summed E-state index contributed by atoms with van der Waals surface area (Å²) in [5.74, 6) is -4.07. The Labute approximate surface area is 116 Å². The Morgan fingerprint density at radius 2 is 1.85 bits per heavy atom. The number of nitrogen functional groups attached to an aromatic ring is 1. The first-order valence-corrected chi connectivity index (χ1v) is 5.94. The molecule has 3 rings (SSSR count). The van der Waals surface area contributed by atoms with Crippen LogP contribution in [-0.4, -0.2) is 9.97 Å². The number of hydrogen-bond acceptors (Lipinski definition) is 2. The topological polar surface area (TPSA) is 54.7 Å². The van der Waals surface area contributed by atoms with Gasteiger partial charge in [-0.05, 0) is 24.3 Å². The minimum atomic E-state index is -1.55. The number of anilines is 1. The highest BCUT2D eigenvalue weighted by Crippen LogP contribution is 2.29. The standard InChI is InChI=1S/C13H7ClF3N3/c14-5-3-8(18)12-9(4-5)19-13(20-12)6-1-2-7(15)11(17)10(6)16/h1-4H,18H2,(H,19,20). The third-order valence-corrected chi connectivity index (χ3v) is 3.09. The number of nitrogens with one attached hydrogen (secondary N) is 1. The van der Waals surface area contributed by atoms with Gasteiger partial charge in [0.05, 0.1) is 16.8 Å². The van der Waals surface area contributed by atoms with E-state index < -0.39 is 17.5 Å². The van der Waals surface area contributed by atoms with Crippen LogP contribution in [0, 0.1) is 17.5 Å². The molecule has 0 aliphatic heterocycles. The number of nitrogens with two attached hydrogens (primary N) is 1. The van der Waals surface area contributed by atoms with Gasteiger partial charge in [-0.15, -0.1) is 0 Å². The third kappa shape index (κ3) is 1.89. The van der Waals surface area contributed by atoms with E-state index in [4.69, 9.17) is 17.3 Å². The molecule has 0 aliphatic carbocycles. The van der Waals surface area contributed by atoms with Crippen LogP contribution in [-0.2, 0) is 0 Å². The monoisotopic (exact) mass is 297 g/mol. The molecule has 7 heteroatoms. The van der Waals surface area contributed by atoms with Crippen LogP contribution < -0.4 is 5.73 Å². The predicted molar refractivity (Wildman–Crippen MR) is 70.8 cm³/mol. The Kier molecular flexibility index (Phi) is 2.83. The molecule has 0 fully saturated rings. The molecule has 0 bridgehead atoms. The highest BCUT2D eigenvalue weighted by Gasteiger charge is 2.18. The number of nitrogens with zero attached hydrogens (tertiary/aromatic N) is 1. The second-order valence-electron chi connectivity index (χ2n) is 4.20. The lowest BCUT2D eigenvalue weighted by atomic mass is 10.2. The highest BCUT2D eigenvalue weighted by atomic mass is 35.5. The normalized spacial score (nSPS) is 11.2. The quantitative estimate of drug-likeness (QED) is 0.529. The summed E-state index contributed by atoms with van der Waals surface area (Å²) in [7, 11) is 0. The molecule has 1 heterocycles. The van der Waals surface area contributed by atoms with E-state index in [1.54, 1.807) is 6.07 Å². The fourth-order valence-corrected chi connectivity index (χ4v) is 2.17. The van der Waals surface area contributed by atoms with Crippen molar-refractivity contribution in [3.05, 3.63) is 46.7 Å². The van der Waals surface area contributed by atoms with Crippen molar-refractivity contribution < 1.29 is 13.2 Å². The third-order valence-electron chi connectivity index (χ3n) is 2.87. The summed E-state index contributed by atoms with van der Waals surface area (Å²) in [6, 6.07) is 4.98. The molecule has 0 saturated heterocycles. The highest BCUT2D eigenvalue weighted by molar-refractivity contribution is 6.31. The molecule has 0 aliphatic rings. The van der Waals surface area contributed by atoms with E-state index in [1.165, 1.54) is 6.07 Å². The van der Waals surface area contributed by atoms with Crippen LogP contribution in [0.3, 0.4) is 0 Å². The van der Waals surface area contributed by atoms with Crippen molar-refractivity contribution in [3.63, 3.8) is 0 Å². The van der Waals surface area contributed by atoms with Crippen molar-refractivity contribution in [2.75, 3.05) is 5.73 Å². The number of aromatic amines is 1. The maximum absolute atomic E-state index is 13.7. The molecule has 0 amide bonds. The van der Waals surface area contributed by atoms with Crippen LogP contribution in [0.1, 0.15) is 0 Å². The van der Waals surface area contributed by atoms with Crippen LogP contribution in [0.15, 0.2) is 24.3 Å². The first-order chi connectivity index (χ1) is 9.47. The van der Waals surface area contributed by atoms with E-state index in [0.717, 1.165) is 12.1 Å². The minimum absolute atomic E-state index is 0.0466. The number of rotatable bonds is 1. The first kappa shape index (κ1) is 12.8. The lowest BCUT2D eigenvalue weighted by Gasteiger charge is -2.00. The molecule has 3 aromatic rings. The maximum Gasteiger partial charge on any atom is 0.195 e. The van der Waals surface area contributed by atoms with Gasteiger partial charge >= 0.3 is 0 Å². The number of H-pyrrole nitrogens is 1. The van der Waals surface area contributed by atoms with Crippen molar-refractivity contribution in [1.82, 2.24) is 9.97 Å². The van der Waals surface area contributed by atoms with Crippen molar-refractivity contribution in [2.24, 2.45) is 0 Å². The van der Waals surface area contributed by atoms with Gasteiger partial charge in [0.2, 0.25) is 0 Å². The molecular weight excluding hydrogens is 291 g/mol. The smallest absolute Gasteiger partial charge is 0.195 e. The van der Waals surface area contributed by atoms with Gasteiger partial charge in [-0.3, -0.25) is 0 Å². The number of benzene rings is 2. The van der Waals surface area contributed by atoms with E-state index in [1.807, 2.05) is 0 Å². The summed E-state index contributed by atoms with van der Waals surface area (Å²) in [6.07, 6.45) is 0. The number of halogens is 4. The molecule has 3 N–H and O–H groups in total. The molecule has 2 aromatic carbocycles. The Bertz CT molecular complexity index is 829. The van der Waals surface area contributed by atoms with Crippen LogP contribution in [0.4, 0.5) is 18.9 Å². The van der Waals surface area contributed by atoms with E-state index in [9.17, 15) is 13.2 Å². The molecular formula is C13H7ClF3N3. The summed E-state index contributed by atoms with van der Waals surface area (Å²) in [5.41, 5.74) is 6.73. The summed E-state index contributed by atoms with van der Waals surface area (Å²) < 4.78 is 39.9. The van der Waals surface area contributed by atoms with Gasteiger partial charge < -0.3 is 10.7 Å². The van der Waals surface area contributed by atoms with Crippen molar-refractivity contribution in [1.29, 1.82) is 0 Å². The van der Waals surface area contributed by atoms with E-state index in [0.29, 0.717) is 21.7 Å². The molecule has 1 aromatic heterocycles. The van der Waals surface area contributed by atoms with Crippen molar-refractivity contribution in [3.8, 4) is 11.4 Å². The molecule has 0 unspecified atom stereocenters. The fourth-order valence-electron chi connectivity index (χ4n) is 1.94. The molecule has 20 heavy (non-hydrogen) atoms. The van der Waals surface area contributed by atoms with Gasteiger partial charge in [-0.2, -0.15) is 0 Å². The molecule has 0 radical (unpaired) electrons. The fraction of sp³-hybridized carbons (Fsp3) is 0. The average molecular weight is 298 g/mol. The van der Waals surface area contributed by atoms with Crippen LogP contribution >= 0.6 is 11.6 Å². The van der Waals surface area contributed by atoms with Gasteiger partial charge in [0.1, 0.15) is 11.3 Å². The van der Waals surface area contributed by atoms with Gasteiger partial charge in [-0.1, -0.05) is 11.6 Å². The number of fused-ring (bicyclic) bond motifs is 1. The summed E-state index contributed by atoms with van der Waals surface area (Å²) >= 11 is 5.85. The maximum atomic E-state index is 13.7. The Morgan fingerprint density at radius 3 is 2.60 bits per heavy atom. The van der Waals surface area contributed by atoms with E-state index >= 15 is 0 Å². The molecule has 0 atom stereocenters. The second-order valence-corrected chi connectivity index (χ2v) is 4.64. The summed E-state index contributed by atoms with van der Waals surface area (Å²) in [4.78, 5) is 6.86. The lowest BCUT2D eigenvalue weighted by molar-refractivity contribution is 0.448. The summed E-state index contributed by atoms with van der Waals surface area (Å²) in [6.45, 7) is 0. The Morgan fingerprint density at radius 1 is 1.10 bits per heavy atom. The largest absolute Gasteiger partial charge is 0.397 e. The van der Waals surface area contributed by atoms with Gasteiger partial charge in [0, 0.05) is 5.02 Å². The van der Waals surface area contributed by atoms with Crippen LogP contribution in [0.2, 0.25) is 5.02 Å².